The van der Waals surface area contributed by atoms with Gasteiger partial charge in [0.15, 0.2) is 0 Å². The van der Waals surface area contributed by atoms with Gasteiger partial charge in [-0.2, -0.15) is 5.26 Å². The number of hydrogen-bond donors (Lipinski definition) is 0. The SMILES string of the molecule is CO[C@@H](C)C(=O)N1CCN(c2cccc(F)c2C#N)CC1. The summed E-state index contributed by atoms with van der Waals surface area (Å²) in [6.45, 7) is 3.93. The summed E-state index contributed by atoms with van der Waals surface area (Å²) >= 11 is 0. The van der Waals surface area contributed by atoms with E-state index in [0.29, 0.717) is 31.9 Å². The van der Waals surface area contributed by atoms with Crippen molar-refractivity contribution in [3.8, 4) is 6.07 Å². The van der Waals surface area contributed by atoms with Crippen LogP contribution in [0.4, 0.5) is 10.1 Å². The Morgan fingerprint density at radius 1 is 1.38 bits per heavy atom. The van der Waals surface area contributed by atoms with Crippen molar-refractivity contribution in [2.24, 2.45) is 0 Å². The molecule has 0 spiro atoms. The minimum absolute atomic E-state index is 0.0445. The predicted molar refractivity (Wildman–Crippen MR) is 76.4 cm³/mol. The topological polar surface area (TPSA) is 56.6 Å². The monoisotopic (exact) mass is 291 g/mol. The Kier molecular flexibility index (Phi) is 4.76. The van der Waals surface area contributed by atoms with Crippen LogP contribution in [0.25, 0.3) is 0 Å². The van der Waals surface area contributed by atoms with Crippen LogP contribution in [0.3, 0.4) is 0 Å². The number of rotatable bonds is 3. The summed E-state index contributed by atoms with van der Waals surface area (Å²) in [5.74, 6) is -0.557. The quantitative estimate of drug-likeness (QED) is 0.844. The van der Waals surface area contributed by atoms with Gasteiger partial charge < -0.3 is 14.5 Å². The van der Waals surface area contributed by atoms with Gasteiger partial charge in [0, 0.05) is 33.3 Å². The number of carbonyl (C=O) groups excluding carboxylic acids is 1. The number of nitrogens with zero attached hydrogens (tertiary/aromatic N) is 3. The Hall–Kier alpha value is -2.13. The molecule has 6 heteroatoms. The molecule has 0 radical (unpaired) electrons. The Morgan fingerprint density at radius 2 is 2.05 bits per heavy atom. The maximum atomic E-state index is 13.6. The average molecular weight is 291 g/mol. The summed E-state index contributed by atoms with van der Waals surface area (Å²) in [7, 11) is 1.50. The molecule has 1 aromatic rings. The zero-order valence-electron chi connectivity index (χ0n) is 12.2. The fraction of sp³-hybridized carbons (Fsp3) is 0.467. The van der Waals surface area contributed by atoms with Crippen LogP contribution in [0.2, 0.25) is 0 Å². The third kappa shape index (κ3) is 3.14. The number of benzene rings is 1. The summed E-state index contributed by atoms with van der Waals surface area (Å²) in [5.41, 5.74) is 0.645. The summed E-state index contributed by atoms with van der Waals surface area (Å²) in [6.07, 6.45) is -0.458. The first-order valence-corrected chi connectivity index (χ1v) is 6.83. The Morgan fingerprint density at radius 3 is 2.62 bits per heavy atom. The first-order valence-electron chi connectivity index (χ1n) is 6.83. The third-order valence-electron chi connectivity index (χ3n) is 3.74. The van der Waals surface area contributed by atoms with Crippen molar-refractivity contribution in [1.29, 1.82) is 5.26 Å². The van der Waals surface area contributed by atoms with Gasteiger partial charge in [-0.05, 0) is 19.1 Å². The fourth-order valence-electron chi connectivity index (χ4n) is 2.41. The van der Waals surface area contributed by atoms with Gasteiger partial charge >= 0.3 is 0 Å². The molecule has 5 nitrogen and oxygen atoms in total. The van der Waals surface area contributed by atoms with Gasteiger partial charge in [0.2, 0.25) is 0 Å². The number of piperazine rings is 1. The zero-order valence-corrected chi connectivity index (χ0v) is 12.2. The molecule has 112 valence electrons. The van der Waals surface area contributed by atoms with E-state index < -0.39 is 11.9 Å². The molecule has 0 bridgehead atoms. The van der Waals surface area contributed by atoms with E-state index in [9.17, 15) is 9.18 Å². The highest BCUT2D eigenvalue weighted by atomic mass is 19.1. The summed E-state index contributed by atoms with van der Waals surface area (Å²) in [4.78, 5) is 15.7. The molecule has 1 aliphatic rings. The van der Waals surface area contributed by atoms with Gasteiger partial charge in [0.25, 0.3) is 5.91 Å². The molecule has 0 unspecified atom stereocenters. The minimum atomic E-state index is -0.512. The van der Waals surface area contributed by atoms with Crippen molar-refractivity contribution in [2.45, 2.75) is 13.0 Å². The molecule has 1 amide bonds. The zero-order chi connectivity index (χ0) is 15.4. The summed E-state index contributed by atoms with van der Waals surface area (Å²) in [5, 5.41) is 9.08. The molecule has 1 aliphatic heterocycles. The number of nitriles is 1. The maximum Gasteiger partial charge on any atom is 0.251 e. The standard InChI is InChI=1S/C15H18FN3O2/c1-11(21-2)15(20)19-8-6-18(7-9-19)14-5-3-4-13(16)12(14)10-17/h3-5,11H,6-9H2,1-2H3/t11-/m0/s1. The first-order chi connectivity index (χ1) is 10.1. The number of methoxy groups -OCH3 is 1. The van der Waals surface area contributed by atoms with Crippen LogP contribution >= 0.6 is 0 Å². The van der Waals surface area contributed by atoms with E-state index in [-0.39, 0.29) is 11.5 Å². The number of halogens is 1. The van der Waals surface area contributed by atoms with Crippen molar-refractivity contribution in [2.75, 3.05) is 38.2 Å². The molecule has 0 aromatic heterocycles. The maximum absolute atomic E-state index is 13.6. The molecule has 1 atom stereocenters. The second-order valence-electron chi connectivity index (χ2n) is 4.94. The minimum Gasteiger partial charge on any atom is -0.372 e. The number of ether oxygens (including phenoxy) is 1. The molecular weight excluding hydrogens is 273 g/mol. The molecule has 21 heavy (non-hydrogen) atoms. The van der Waals surface area contributed by atoms with Crippen LogP contribution < -0.4 is 4.90 Å². The first kappa shape index (κ1) is 15.3. The van der Waals surface area contributed by atoms with E-state index in [0.717, 1.165) is 0 Å². The van der Waals surface area contributed by atoms with Gasteiger partial charge in [-0.3, -0.25) is 4.79 Å². The Labute approximate surface area is 123 Å². The van der Waals surface area contributed by atoms with Gasteiger partial charge in [-0.1, -0.05) is 6.07 Å². The normalized spacial score (nSPS) is 16.5. The molecule has 2 rings (SSSR count). The fourth-order valence-corrected chi connectivity index (χ4v) is 2.41. The molecule has 1 heterocycles. The largest absolute Gasteiger partial charge is 0.372 e. The van der Waals surface area contributed by atoms with Crippen LogP contribution in [0.5, 0.6) is 0 Å². The van der Waals surface area contributed by atoms with E-state index in [1.54, 1.807) is 24.0 Å². The van der Waals surface area contributed by atoms with E-state index >= 15 is 0 Å². The van der Waals surface area contributed by atoms with Gasteiger partial charge in [0.05, 0.1) is 5.69 Å². The van der Waals surface area contributed by atoms with Crippen LogP contribution in [0.1, 0.15) is 12.5 Å². The lowest BCUT2D eigenvalue weighted by molar-refractivity contribution is -0.141. The molecule has 1 saturated heterocycles. The molecule has 0 N–H and O–H groups in total. The lowest BCUT2D eigenvalue weighted by Crippen LogP contribution is -2.51. The van der Waals surface area contributed by atoms with Gasteiger partial charge in [-0.25, -0.2) is 4.39 Å². The lowest BCUT2D eigenvalue weighted by Gasteiger charge is -2.37. The average Bonchev–Trinajstić information content (AvgIpc) is 2.53. The van der Waals surface area contributed by atoms with Crippen molar-refractivity contribution in [3.05, 3.63) is 29.6 Å². The van der Waals surface area contributed by atoms with Crippen molar-refractivity contribution >= 4 is 11.6 Å². The van der Waals surface area contributed by atoms with Crippen molar-refractivity contribution in [1.82, 2.24) is 4.90 Å². The second kappa shape index (κ2) is 6.55. The van der Waals surface area contributed by atoms with Crippen LogP contribution in [-0.4, -0.2) is 50.2 Å². The van der Waals surface area contributed by atoms with Crippen LogP contribution in [0.15, 0.2) is 18.2 Å². The summed E-state index contributed by atoms with van der Waals surface area (Å²) in [6, 6.07) is 6.51. The number of hydrogen-bond acceptors (Lipinski definition) is 4. The predicted octanol–water partition coefficient (Wildman–Crippen LogP) is 1.38. The number of amides is 1. The Bertz CT molecular complexity index is 563. The smallest absolute Gasteiger partial charge is 0.251 e. The molecule has 1 fully saturated rings. The van der Waals surface area contributed by atoms with E-state index in [1.165, 1.54) is 13.2 Å². The van der Waals surface area contributed by atoms with Crippen LogP contribution in [0, 0.1) is 17.1 Å². The highest BCUT2D eigenvalue weighted by Crippen LogP contribution is 2.23. The number of carbonyl (C=O) groups is 1. The highest BCUT2D eigenvalue weighted by molar-refractivity contribution is 5.80. The Balaban J connectivity index is 2.07. The molecule has 1 aromatic carbocycles. The van der Waals surface area contributed by atoms with E-state index in [2.05, 4.69) is 0 Å². The lowest BCUT2D eigenvalue weighted by atomic mass is 10.1. The second-order valence-corrected chi connectivity index (χ2v) is 4.94. The van der Waals surface area contributed by atoms with Gasteiger partial charge in [0.1, 0.15) is 23.6 Å². The van der Waals surface area contributed by atoms with E-state index in [4.69, 9.17) is 10.00 Å². The number of anilines is 1. The summed E-state index contributed by atoms with van der Waals surface area (Å²) < 4.78 is 18.7. The van der Waals surface area contributed by atoms with Crippen molar-refractivity contribution < 1.29 is 13.9 Å². The third-order valence-corrected chi connectivity index (χ3v) is 3.74. The highest BCUT2D eigenvalue weighted by Gasteiger charge is 2.26. The van der Waals surface area contributed by atoms with Crippen LogP contribution in [-0.2, 0) is 9.53 Å². The molecule has 0 saturated carbocycles. The molecule has 0 aliphatic carbocycles. The van der Waals surface area contributed by atoms with E-state index in [1.807, 2.05) is 11.0 Å². The van der Waals surface area contributed by atoms with Gasteiger partial charge in [-0.15, -0.1) is 0 Å². The molecular formula is C15H18FN3O2. The van der Waals surface area contributed by atoms with Crippen molar-refractivity contribution in [3.63, 3.8) is 0 Å².